The second-order valence-corrected chi connectivity index (χ2v) is 16.4. The number of ether oxygens (including phenoxy) is 1. The number of aromatic nitrogens is 5. The highest BCUT2D eigenvalue weighted by Gasteiger charge is 2.38. The van der Waals surface area contributed by atoms with Crippen LogP contribution in [-0.2, 0) is 27.1 Å². The van der Waals surface area contributed by atoms with Gasteiger partial charge in [0.2, 0.25) is 0 Å². The van der Waals surface area contributed by atoms with Gasteiger partial charge in [-0.25, -0.2) is 0 Å². The normalized spacial score (nSPS) is 14.1. The van der Waals surface area contributed by atoms with E-state index in [9.17, 15) is 4.79 Å². The van der Waals surface area contributed by atoms with Crippen LogP contribution in [0.15, 0.2) is 73.2 Å². The maximum Gasteiger partial charge on any atom is 0.275 e. The summed E-state index contributed by atoms with van der Waals surface area (Å²) < 4.78 is 12.4. The molecule has 0 fully saturated rings. The van der Waals surface area contributed by atoms with Gasteiger partial charge in [0, 0.05) is 103 Å². The average Bonchev–Trinajstić information content (AvgIpc) is 3.80. The van der Waals surface area contributed by atoms with Crippen molar-refractivity contribution in [2.24, 2.45) is 14.1 Å². The van der Waals surface area contributed by atoms with E-state index in [0.717, 1.165) is 83.0 Å². The Kier molecular flexibility index (Phi) is 10.4. The molecule has 0 aliphatic carbocycles. The van der Waals surface area contributed by atoms with Crippen molar-refractivity contribution in [3.8, 4) is 16.9 Å². The number of anilines is 1. The molecular weight excluding hydrogens is 769 g/mol. The fourth-order valence-electron chi connectivity index (χ4n) is 8.71. The fraction of sp³-hybridized carbons (Fsp3) is 0.304. The summed E-state index contributed by atoms with van der Waals surface area (Å²) in [6.07, 6.45) is 6.75. The second-order valence-electron chi connectivity index (χ2n) is 15.7. The molecule has 0 bridgehead atoms. The molecule has 1 aliphatic heterocycles. The third kappa shape index (κ3) is 6.71. The highest BCUT2D eigenvalue weighted by atomic mass is 35.5. The maximum atomic E-state index is 15.3. The minimum absolute atomic E-state index is 0.103. The van der Waals surface area contributed by atoms with E-state index in [2.05, 4.69) is 29.5 Å². The highest BCUT2D eigenvalue weighted by molar-refractivity contribution is 6.35. The van der Waals surface area contributed by atoms with Crippen LogP contribution in [0.3, 0.4) is 0 Å². The summed E-state index contributed by atoms with van der Waals surface area (Å²) in [6, 6.07) is 17.3. The van der Waals surface area contributed by atoms with Crippen LogP contribution in [0.25, 0.3) is 32.9 Å². The Hall–Kier alpha value is -5.58. The van der Waals surface area contributed by atoms with Gasteiger partial charge in [0.15, 0.2) is 0 Å². The molecule has 7 aromatic rings. The average molecular weight is 817 g/mol. The van der Waals surface area contributed by atoms with Crippen LogP contribution in [-0.4, -0.2) is 60.8 Å². The third-order valence-corrected chi connectivity index (χ3v) is 12.5. The lowest BCUT2D eigenvalue weighted by Gasteiger charge is -2.34. The molecule has 8 rings (SSSR count). The predicted octanol–water partition coefficient (Wildman–Crippen LogP) is 9.97. The van der Waals surface area contributed by atoms with Crippen molar-refractivity contribution in [3.63, 3.8) is 0 Å². The molecule has 58 heavy (non-hydrogen) atoms. The number of carbonyl (C=O) groups excluding carboxylic acids is 2. The number of nitrogens with zero attached hydrogens (tertiary/aromatic N) is 7. The van der Waals surface area contributed by atoms with Crippen molar-refractivity contribution in [2.45, 2.75) is 60.0 Å². The summed E-state index contributed by atoms with van der Waals surface area (Å²) >= 11 is 13.6. The molecule has 1 aliphatic rings. The van der Waals surface area contributed by atoms with Crippen LogP contribution in [0.4, 0.5) is 5.69 Å². The number of fused-ring (bicyclic) bond motifs is 4. The number of pyridine rings is 1. The van der Waals surface area contributed by atoms with Gasteiger partial charge < -0.3 is 23.7 Å². The number of hydrogen-bond acceptors (Lipinski definition) is 5. The molecule has 0 saturated heterocycles. The van der Waals surface area contributed by atoms with Gasteiger partial charge in [-0.3, -0.25) is 19.3 Å². The second kappa shape index (κ2) is 15.3. The first-order valence-corrected chi connectivity index (χ1v) is 20.3. The summed E-state index contributed by atoms with van der Waals surface area (Å²) in [7, 11) is 5.70. The first kappa shape index (κ1) is 39.3. The molecule has 12 heteroatoms. The Morgan fingerprint density at radius 3 is 2.43 bits per heavy atom. The molecule has 0 unspecified atom stereocenters. The number of aryl methyl sites for hydroxylation is 6. The first-order valence-electron chi connectivity index (χ1n) is 19.6. The van der Waals surface area contributed by atoms with Crippen LogP contribution < -0.4 is 9.64 Å². The van der Waals surface area contributed by atoms with Crippen molar-refractivity contribution >= 4 is 62.5 Å². The molecule has 0 saturated carbocycles. The number of carbonyl (C=O) groups is 2. The van der Waals surface area contributed by atoms with Crippen LogP contribution >= 0.6 is 23.2 Å². The van der Waals surface area contributed by atoms with Gasteiger partial charge in [0.05, 0.1) is 28.5 Å². The highest BCUT2D eigenvalue weighted by Crippen LogP contribution is 2.46. The largest absolute Gasteiger partial charge is 0.494 e. The Morgan fingerprint density at radius 2 is 1.74 bits per heavy atom. The van der Waals surface area contributed by atoms with Gasteiger partial charge >= 0.3 is 0 Å². The summed E-state index contributed by atoms with van der Waals surface area (Å²) in [6.45, 7) is 11.5. The molecular formula is C46H47Cl2N7O3. The molecule has 0 N–H and O–H groups in total. The number of rotatable bonds is 10. The Morgan fingerprint density at radius 1 is 0.983 bits per heavy atom. The zero-order chi connectivity index (χ0) is 41.2. The number of hydrogen-bond donors (Lipinski definition) is 0. The molecule has 5 heterocycles. The zero-order valence-electron chi connectivity index (χ0n) is 34.2. The Labute approximate surface area is 348 Å². The van der Waals surface area contributed by atoms with E-state index in [0.29, 0.717) is 48.8 Å². The van der Waals surface area contributed by atoms with Crippen molar-refractivity contribution in [3.05, 3.63) is 128 Å². The third-order valence-electron chi connectivity index (χ3n) is 11.6. The summed E-state index contributed by atoms with van der Waals surface area (Å²) in [5.41, 5.74) is 11.4. The van der Waals surface area contributed by atoms with Crippen molar-refractivity contribution < 1.29 is 14.3 Å². The van der Waals surface area contributed by atoms with Gasteiger partial charge in [0.25, 0.3) is 11.8 Å². The topological polar surface area (TPSA) is 90.4 Å². The van der Waals surface area contributed by atoms with Crippen molar-refractivity contribution in [1.29, 1.82) is 0 Å². The van der Waals surface area contributed by atoms with E-state index in [4.69, 9.17) is 33.0 Å². The lowest BCUT2D eigenvalue weighted by molar-refractivity contribution is 0.0785. The molecule has 0 radical (unpaired) electrons. The van der Waals surface area contributed by atoms with Gasteiger partial charge in [0.1, 0.15) is 11.4 Å². The molecule has 1 atom stereocenters. The van der Waals surface area contributed by atoms with Crippen LogP contribution in [0.2, 0.25) is 10.0 Å². The van der Waals surface area contributed by atoms with Gasteiger partial charge in [-0.15, -0.1) is 0 Å². The smallest absolute Gasteiger partial charge is 0.275 e. The minimum Gasteiger partial charge on any atom is -0.494 e. The van der Waals surface area contributed by atoms with Crippen LogP contribution in [0.5, 0.6) is 5.75 Å². The van der Waals surface area contributed by atoms with Crippen molar-refractivity contribution in [2.75, 3.05) is 25.1 Å². The van der Waals surface area contributed by atoms with Gasteiger partial charge in [-0.1, -0.05) is 35.3 Å². The lowest BCUT2D eigenvalue weighted by atomic mass is 9.98. The zero-order valence-corrected chi connectivity index (χ0v) is 35.7. The predicted molar refractivity (Wildman–Crippen MR) is 233 cm³/mol. The standard InChI is InChI=1S/C46H47Cl2N7O3/c1-26-19-33(20-27(2)42(26)48)58-18-10-12-34-35-14-15-37(47)41(40-29(4)50-53(8)30(40)5)43(35)55-28(3)23-54(46(57)44(34)55)39-25-51(6)38-16-13-32(21-36(38)39)45(56)52(7)24-31-11-9-17-49-22-31/h9,11,13-17,19-22,25,28H,10,12,18,23-24H2,1-8H3/t28-/m1/s1. The monoisotopic (exact) mass is 815 g/mol. The number of halogens is 2. The van der Waals surface area contributed by atoms with Crippen LogP contribution in [0, 0.1) is 27.7 Å². The molecule has 3 aromatic carbocycles. The van der Waals surface area contributed by atoms with Crippen molar-refractivity contribution in [1.82, 2.24) is 28.8 Å². The quantitative estimate of drug-likeness (QED) is 0.128. The summed E-state index contributed by atoms with van der Waals surface area (Å²) in [5, 5.41) is 7.92. The molecule has 4 aromatic heterocycles. The van der Waals surface area contributed by atoms with E-state index in [1.807, 2.05) is 104 Å². The van der Waals surface area contributed by atoms with E-state index in [1.165, 1.54) is 0 Å². The molecule has 0 spiro atoms. The molecule has 10 nitrogen and oxygen atoms in total. The van der Waals surface area contributed by atoms with E-state index >= 15 is 4.79 Å². The van der Waals surface area contributed by atoms with E-state index in [1.54, 1.807) is 24.3 Å². The lowest BCUT2D eigenvalue weighted by Crippen LogP contribution is -2.42. The van der Waals surface area contributed by atoms with Crippen LogP contribution in [0.1, 0.15) is 73.9 Å². The number of amides is 2. The summed E-state index contributed by atoms with van der Waals surface area (Å²) in [5.74, 6) is 0.555. The van der Waals surface area contributed by atoms with Gasteiger partial charge in [-0.05, 0) is 112 Å². The Bertz CT molecular complexity index is 2740. The maximum absolute atomic E-state index is 15.3. The molecule has 298 valence electrons. The minimum atomic E-state index is -0.125. The van der Waals surface area contributed by atoms with E-state index in [-0.39, 0.29) is 17.9 Å². The number of benzene rings is 3. The van der Waals surface area contributed by atoms with E-state index < -0.39 is 0 Å². The fourth-order valence-corrected chi connectivity index (χ4v) is 9.07. The Balaban J connectivity index is 1.21. The van der Waals surface area contributed by atoms with Gasteiger partial charge in [-0.2, -0.15) is 5.10 Å². The first-order chi connectivity index (χ1) is 27.7. The SMILES string of the molecule is Cc1cc(OCCCc2c3n(c4c(-c5c(C)nn(C)c5C)c(Cl)ccc24)[C@H](C)CN(c2cn(C)c4ccc(C(=O)N(C)Cc5cccnc5)cc24)C3=O)cc(C)c1Cl. The summed E-state index contributed by atoms with van der Waals surface area (Å²) in [4.78, 5) is 36.8. The molecule has 2 amide bonds.